The van der Waals surface area contributed by atoms with Crippen LogP contribution in [0.25, 0.3) is 0 Å². The minimum Gasteiger partial charge on any atom is -0.351 e. The fourth-order valence-electron chi connectivity index (χ4n) is 3.82. The van der Waals surface area contributed by atoms with Gasteiger partial charge in [0.15, 0.2) is 0 Å². The lowest BCUT2D eigenvalue weighted by Gasteiger charge is -2.31. The van der Waals surface area contributed by atoms with Gasteiger partial charge in [0.25, 0.3) is 5.91 Å². The van der Waals surface area contributed by atoms with E-state index in [1.807, 2.05) is 60.7 Å². The van der Waals surface area contributed by atoms with Crippen molar-refractivity contribution in [3.8, 4) is 0 Å². The minimum atomic E-state index is -0.822. The molecule has 1 aliphatic rings. The molecule has 148 valence electrons. The lowest BCUT2D eigenvalue weighted by atomic mass is 10.0. The van der Waals surface area contributed by atoms with Crippen molar-refractivity contribution >= 4 is 17.5 Å². The Kier molecular flexibility index (Phi) is 5.70. The molecule has 6 nitrogen and oxygen atoms in total. The molecule has 29 heavy (non-hydrogen) atoms. The van der Waals surface area contributed by atoms with E-state index >= 15 is 0 Å². The van der Waals surface area contributed by atoms with Crippen LogP contribution in [0.5, 0.6) is 0 Å². The van der Waals surface area contributed by atoms with E-state index in [2.05, 4.69) is 10.5 Å². The maximum atomic E-state index is 13.4. The van der Waals surface area contributed by atoms with Gasteiger partial charge in [0.2, 0.25) is 11.7 Å². The third-order valence-corrected chi connectivity index (χ3v) is 5.23. The maximum absolute atomic E-state index is 13.4. The third kappa shape index (κ3) is 4.21. The number of aromatic nitrogens is 1. The number of nitrogens with one attached hydrogen (secondary N) is 1. The van der Waals surface area contributed by atoms with Crippen LogP contribution < -0.4 is 10.2 Å². The quantitative estimate of drug-likeness (QED) is 0.688. The molecule has 0 radical (unpaired) electrons. The summed E-state index contributed by atoms with van der Waals surface area (Å²) in [4.78, 5) is 28.3. The molecule has 0 unspecified atom stereocenters. The first-order valence-corrected chi connectivity index (χ1v) is 9.88. The van der Waals surface area contributed by atoms with Crippen LogP contribution in [0.1, 0.15) is 47.8 Å². The van der Waals surface area contributed by atoms with E-state index in [0.29, 0.717) is 5.69 Å². The predicted octanol–water partition coefficient (Wildman–Crippen LogP) is 4.12. The zero-order valence-corrected chi connectivity index (χ0v) is 16.0. The van der Waals surface area contributed by atoms with Crippen molar-refractivity contribution in [1.29, 1.82) is 0 Å². The summed E-state index contributed by atoms with van der Waals surface area (Å²) in [5, 5.41) is 6.81. The number of rotatable bonds is 6. The van der Waals surface area contributed by atoms with E-state index in [-0.39, 0.29) is 17.7 Å². The van der Waals surface area contributed by atoms with Gasteiger partial charge in [-0.3, -0.25) is 14.5 Å². The summed E-state index contributed by atoms with van der Waals surface area (Å²) in [5.41, 5.74) is 1.35. The second-order valence-corrected chi connectivity index (χ2v) is 7.19. The largest absolute Gasteiger partial charge is 0.351 e. The average molecular weight is 389 g/mol. The summed E-state index contributed by atoms with van der Waals surface area (Å²) >= 11 is 0. The molecule has 1 heterocycles. The van der Waals surface area contributed by atoms with Gasteiger partial charge in [-0.1, -0.05) is 66.5 Å². The number of hydrogen-bond acceptors (Lipinski definition) is 4. The van der Waals surface area contributed by atoms with Gasteiger partial charge in [-0.05, 0) is 30.5 Å². The van der Waals surface area contributed by atoms with Crippen LogP contribution >= 0.6 is 0 Å². The van der Waals surface area contributed by atoms with Crippen LogP contribution in [0, 0.1) is 0 Å². The van der Waals surface area contributed by atoms with Crippen LogP contribution in [0.4, 0.5) is 5.69 Å². The molecule has 1 aromatic heterocycles. The SMILES string of the molecule is O=C(NC1CCCC1)[C@@H](c1ccccc1)N(C(=O)c1ccno1)c1ccccc1. The van der Waals surface area contributed by atoms with Crippen molar-refractivity contribution in [2.24, 2.45) is 0 Å². The zero-order valence-electron chi connectivity index (χ0n) is 16.0. The Hall–Kier alpha value is -3.41. The van der Waals surface area contributed by atoms with Crippen molar-refractivity contribution in [2.75, 3.05) is 4.90 Å². The second-order valence-electron chi connectivity index (χ2n) is 7.19. The molecule has 3 aromatic rings. The van der Waals surface area contributed by atoms with E-state index < -0.39 is 11.9 Å². The topological polar surface area (TPSA) is 75.4 Å². The van der Waals surface area contributed by atoms with Gasteiger partial charge >= 0.3 is 0 Å². The minimum absolute atomic E-state index is 0.0865. The zero-order chi connectivity index (χ0) is 20.1. The van der Waals surface area contributed by atoms with Crippen LogP contribution in [0.15, 0.2) is 77.4 Å². The first-order chi connectivity index (χ1) is 14.2. The molecular weight excluding hydrogens is 366 g/mol. The molecule has 1 N–H and O–H groups in total. The summed E-state index contributed by atoms with van der Waals surface area (Å²) in [7, 11) is 0. The lowest BCUT2D eigenvalue weighted by molar-refractivity contribution is -0.123. The number of benzene rings is 2. The number of carbonyl (C=O) groups is 2. The number of nitrogens with zero attached hydrogens (tertiary/aromatic N) is 2. The second kappa shape index (κ2) is 8.73. The number of amides is 2. The first-order valence-electron chi connectivity index (χ1n) is 9.88. The van der Waals surface area contributed by atoms with Crippen LogP contribution in [0.3, 0.4) is 0 Å². The first kappa shape index (κ1) is 18.9. The summed E-state index contributed by atoms with van der Waals surface area (Å²) in [5.74, 6) is -0.521. The van der Waals surface area contributed by atoms with Gasteiger partial charge in [-0.15, -0.1) is 0 Å². The van der Waals surface area contributed by atoms with Crippen LogP contribution in [0.2, 0.25) is 0 Å². The highest BCUT2D eigenvalue weighted by molar-refractivity contribution is 6.08. The Balaban J connectivity index is 1.77. The highest BCUT2D eigenvalue weighted by atomic mass is 16.5. The van der Waals surface area contributed by atoms with E-state index in [1.165, 1.54) is 17.2 Å². The molecule has 4 rings (SSSR count). The molecule has 6 heteroatoms. The highest BCUT2D eigenvalue weighted by Gasteiger charge is 2.35. The maximum Gasteiger partial charge on any atom is 0.297 e. The molecule has 2 aromatic carbocycles. The molecule has 1 atom stereocenters. The van der Waals surface area contributed by atoms with Crippen molar-refractivity contribution < 1.29 is 14.1 Å². The average Bonchev–Trinajstić information content (AvgIpc) is 3.47. The predicted molar refractivity (Wildman–Crippen MR) is 109 cm³/mol. The fourth-order valence-corrected chi connectivity index (χ4v) is 3.82. The third-order valence-electron chi connectivity index (χ3n) is 5.23. The highest BCUT2D eigenvalue weighted by Crippen LogP contribution is 2.30. The fraction of sp³-hybridized carbons (Fsp3) is 0.261. The molecule has 0 spiro atoms. The summed E-state index contributed by atoms with van der Waals surface area (Å²) in [6.45, 7) is 0. The summed E-state index contributed by atoms with van der Waals surface area (Å²) in [6.07, 6.45) is 5.58. The Bertz CT molecular complexity index is 936. The van der Waals surface area contributed by atoms with Gasteiger partial charge in [-0.2, -0.15) is 0 Å². The van der Waals surface area contributed by atoms with Gasteiger partial charge < -0.3 is 9.84 Å². The Morgan fingerprint density at radius 3 is 2.24 bits per heavy atom. The number of anilines is 1. The van der Waals surface area contributed by atoms with Crippen molar-refractivity contribution in [3.05, 3.63) is 84.3 Å². The monoisotopic (exact) mass is 389 g/mol. The van der Waals surface area contributed by atoms with Gasteiger partial charge in [-0.25, -0.2) is 0 Å². The number of carbonyl (C=O) groups excluding carboxylic acids is 2. The van der Waals surface area contributed by atoms with Gasteiger partial charge in [0, 0.05) is 17.8 Å². The molecule has 1 aliphatic carbocycles. The molecular formula is C23H23N3O3. The Morgan fingerprint density at radius 2 is 1.62 bits per heavy atom. The summed E-state index contributed by atoms with van der Waals surface area (Å²) in [6, 6.07) is 19.4. The Morgan fingerprint density at radius 1 is 0.966 bits per heavy atom. The summed E-state index contributed by atoms with van der Waals surface area (Å²) < 4.78 is 5.12. The number of hydrogen-bond donors (Lipinski definition) is 1. The molecule has 1 saturated carbocycles. The Labute approximate surface area is 169 Å². The van der Waals surface area contributed by atoms with E-state index in [4.69, 9.17) is 4.52 Å². The van der Waals surface area contributed by atoms with E-state index in [0.717, 1.165) is 31.2 Å². The van der Waals surface area contributed by atoms with Gasteiger partial charge in [0.05, 0.1) is 6.20 Å². The van der Waals surface area contributed by atoms with Crippen LogP contribution in [-0.2, 0) is 4.79 Å². The standard InChI is InChI=1S/C23H23N3O3/c27-22(25-18-11-7-8-12-18)21(17-9-3-1-4-10-17)26(19-13-5-2-6-14-19)23(28)20-15-16-24-29-20/h1-6,9-10,13-16,18,21H,7-8,11-12H2,(H,25,27)/t21-/m1/s1. The molecule has 0 bridgehead atoms. The number of para-hydroxylation sites is 1. The van der Waals surface area contributed by atoms with E-state index in [1.54, 1.807) is 0 Å². The lowest BCUT2D eigenvalue weighted by Crippen LogP contribution is -2.46. The van der Waals surface area contributed by atoms with Crippen molar-refractivity contribution in [3.63, 3.8) is 0 Å². The van der Waals surface area contributed by atoms with Crippen molar-refractivity contribution in [2.45, 2.75) is 37.8 Å². The van der Waals surface area contributed by atoms with Crippen LogP contribution in [-0.4, -0.2) is 23.0 Å². The van der Waals surface area contributed by atoms with E-state index in [9.17, 15) is 9.59 Å². The smallest absolute Gasteiger partial charge is 0.297 e. The molecule has 1 fully saturated rings. The normalized spacial score (nSPS) is 15.0. The molecule has 0 aliphatic heterocycles. The molecule has 2 amide bonds. The van der Waals surface area contributed by atoms with Crippen molar-refractivity contribution in [1.82, 2.24) is 10.5 Å². The molecule has 0 saturated heterocycles. The van der Waals surface area contributed by atoms with Gasteiger partial charge in [0.1, 0.15) is 6.04 Å².